The van der Waals surface area contributed by atoms with E-state index in [1.54, 1.807) is 12.4 Å². The Kier molecular flexibility index (Phi) is 4.89. The van der Waals surface area contributed by atoms with Gasteiger partial charge in [0.25, 0.3) is 5.91 Å². The van der Waals surface area contributed by atoms with Crippen molar-refractivity contribution < 1.29 is 4.79 Å². The van der Waals surface area contributed by atoms with Crippen LogP contribution in [0.4, 0.5) is 0 Å². The van der Waals surface area contributed by atoms with Crippen molar-refractivity contribution in [2.45, 2.75) is 12.6 Å². The average Bonchev–Trinajstić information content (AvgIpc) is 3.29. The number of amides is 1. The Balaban J connectivity index is 1.66. The van der Waals surface area contributed by atoms with Gasteiger partial charge in [0, 0.05) is 39.6 Å². The molecule has 0 bridgehead atoms. The first kappa shape index (κ1) is 19.0. The van der Waals surface area contributed by atoms with Crippen LogP contribution >= 0.6 is 27.5 Å². The summed E-state index contributed by atoms with van der Waals surface area (Å²) in [6.07, 6.45) is 3.48. The van der Waals surface area contributed by atoms with Crippen molar-refractivity contribution in [1.29, 1.82) is 0 Å². The minimum atomic E-state index is -0.261. The van der Waals surface area contributed by atoms with E-state index in [0.29, 0.717) is 17.3 Å². The van der Waals surface area contributed by atoms with Gasteiger partial charge in [-0.05, 0) is 47.5 Å². The van der Waals surface area contributed by atoms with E-state index in [1.165, 1.54) is 0 Å². The number of fused-ring (bicyclic) bond motifs is 1. The molecular formula is C23H16BrClN4O. The molecule has 1 amide bonds. The number of nitrogens with zero attached hydrogens (tertiary/aromatic N) is 3. The van der Waals surface area contributed by atoms with Gasteiger partial charge in [0.15, 0.2) is 0 Å². The van der Waals surface area contributed by atoms with Gasteiger partial charge in [-0.15, -0.1) is 0 Å². The van der Waals surface area contributed by atoms with Crippen LogP contribution in [0.15, 0.2) is 77.5 Å². The zero-order chi connectivity index (χ0) is 20.7. The van der Waals surface area contributed by atoms with Gasteiger partial charge in [-0.25, -0.2) is 0 Å². The highest BCUT2D eigenvalue weighted by Crippen LogP contribution is 2.43. The molecule has 4 aromatic rings. The molecule has 1 unspecified atom stereocenters. The number of aromatic nitrogens is 3. The molecule has 1 atom stereocenters. The van der Waals surface area contributed by atoms with E-state index in [4.69, 9.17) is 11.6 Å². The van der Waals surface area contributed by atoms with Crippen LogP contribution in [0.1, 0.15) is 33.2 Å². The summed E-state index contributed by atoms with van der Waals surface area (Å²) in [5.41, 5.74) is 5.12. The van der Waals surface area contributed by atoms with Crippen molar-refractivity contribution in [2.75, 3.05) is 0 Å². The molecule has 2 aromatic carbocycles. The molecule has 2 aromatic heterocycles. The largest absolute Gasteiger partial charge is 0.322 e. The third-order valence-electron chi connectivity index (χ3n) is 5.25. The van der Waals surface area contributed by atoms with Crippen molar-refractivity contribution in [3.8, 4) is 11.3 Å². The minimum Gasteiger partial charge on any atom is -0.322 e. The van der Waals surface area contributed by atoms with Gasteiger partial charge in [0.05, 0.1) is 11.7 Å². The van der Waals surface area contributed by atoms with Crippen LogP contribution in [0.2, 0.25) is 5.02 Å². The van der Waals surface area contributed by atoms with E-state index in [9.17, 15) is 4.79 Å². The maximum Gasteiger partial charge on any atom is 0.273 e. The third kappa shape index (κ3) is 3.32. The van der Waals surface area contributed by atoms with Crippen LogP contribution in [0.25, 0.3) is 11.3 Å². The first-order valence-electron chi connectivity index (χ1n) is 9.41. The molecule has 5 nitrogen and oxygen atoms in total. The highest BCUT2D eigenvalue weighted by molar-refractivity contribution is 9.10. The van der Waals surface area contributed by atoms with Crippen molar-refractivity contribution in [3.05, 3.63) is 105 Å². The lowest BCUT2D eigenvalue weighted by Gasteiger charge is -2.26. The van der Waals surface area contributed by atoms with Crippen LogP contribution in [-0.4, -0.2) is 26.0 Å². The standard InChI is InChI=1S/C23H16BrClN4O/c24-17-3-1-2-16(12-17)22-19-20(15-4-6-18(25)7-5-15)27-28-21(19)23(30)29(22)13-14-8-10-26-11-9-14/h1-12,22H,13H2,(H,27,28). The molecule has 3 heterocycles. The third-order valence-corrected chi connectivity index (χ3v) is 5.99. The van der Waals surface area contributed by atoms with Crippen LogP contribution in [0, 0.1) is 0 Å². The molecule has 30 heavy (non-hydrogen) atoms. The predicted octanol–water partition coefficient (Wildman–Crippen LogP) is 5.63. The van der Waals surface area contributed by atoms with E-state index in [2.05, 4.69) is 31.1 Å². The van der Waals surface area contributed by atoms with Crippen LogP contribution < -0.4 is 0 Å². The smallest absolute Gasteiger partial charge is 0.273 e. The fourth-order valence-corrected chi connectivity index (χ4v) is 4.44. The fourth-order valence-electron chi connectivity index (χ4n) is 3.90. The molecule has 0 saturated heterocycles. The van der Waals surface area contributed by atoms with Crippen LogP contribution in [-0.2, 0) is 6.54 Å². The van der Waals surface area contributed by atoms with E-state index < -0.39 is 0 Å². The first-order valence-corrected chi connectivity index (χ1v) is 10.6. The predicted molar refractivity (Wildman–Crippen MR) is 119 cm³/mol. The van der Waals surface area contributed by atoms with Gasteiger partial charge in [-0.3, -0.25) is 14.9 Å². The molecule has 0 saturated carbocycles. The maximum atomic E-state index is 13.4. The molecule has 0 aliphatic carbocycles. The molecule has 1 aliphatic heterocycles. The summed E-state index contributed by atoms with van der Waals surface area (Å²) < 4.78 is 0.960. The summed E-state index contributed by atoms with van der Waals surface area (Å²) in [6, 6.07) is 19.1. The number of H-pyrrole nitrogens is 1. The zero-order valence-electron chi connectivity index (χ0n) is 15.7. The van der Waals surface area contributed by atoms with E-state index >= 15 is 0 Å². The van der Waals surface area contributed by atoms with E-state index in [1.807, 2.05) is 65.6 Å². The molecule has 0 spiro atoms. The second-order valence-corrected chi connectivity index (χ2v) is 8.47. The Bertz CT molecular complexity index is 1220. The van der Waals surface area contributed by atoms with Crippen molar-refractivity contribution in [3.63, 3.8) is 0 Å². The molecule has 0 fully saturated rings. The lowest BCUT2D eigenvalue weighted by molar-refractivity contribution is 0.0730. The van der Waals surface area contributed by atoms with Gasteiger partial charge in [0.2, 0.25) is 0 Å². The Morgan fingerprint density at radius 3 is 2.57 bits per heavy atom. The number of rotatable bonds is 4. The number of carbonyl (C=O) groups excluding carboxylic acids is 1. The second kappa shape index (κ2) is 7.70. The number of hydrogen-bond donors (Lipinski definition) is 1. The summed E-state index contributed by atoms with van der Waals surface area (Å²) in [4.78, 5) is 19.3. The maximum absolute atomic E-state index is 13.4. The Labute approximate surface area is 186 Å². The number of aromatic amines is 1. The number of halogens is 2. The van der Waals surface area contributed by atoms with E-state index in [0.717, 1.165) is 32.4 Å². The molecule has 1 aliphatic rings. The van der Waals surface area contributed by atoms with Crippen molar-refractivity contribution in [2.24, 2.45) is 0 Å². The van der Waals surface area contributed by atoms with Gasteiger partial charge in [0.1, 0.15) is 5.69 Å². The Hall–Kier alpha value is -2.96. The number of nitrogens with one attached hydrogen (secondary N) is 1. The second-order valence-electron chi connectivity index (χ2n) is 7.11. The van der Waals surface area contributed by atoms with E-state index in [-0.39, 0.29) is 11.9 Å². The SMILES string of the molecule is O=C1c2[nH]nc(-c3ccc(Cl)cc3)c2C(c2cccc(Br)c2)N1Cc1ccncc1. The molecular weight excluding hydrogens is 464 g/mol. The van der Waals surface area contributed by atoms with Gasteiger partial charge in [-0.2, -0.15) is 5.10 Å². The lowest BCUT2D eigenvalue weighted by Crippen LogP contribution is -2.29. The Morgan fingerprint density at radius 2 is 1.83 bits per heavy atom. The number of benzene rings is 2. The topological polar surface area (TPSA) is 61.9 Å². The molecule has 148 valence electrons. The normalized spacial score (nSPS) is 15.5. The summed E-state index contributed by atoms with van der Waals surface area (Å²) in [6.45, 7) is 0.473. The summed E-state index contributed by atoms with van der Waals surface area (Å²) in [7, 11) is 0. The van der Waals surface area contributed by atoms with Gasteiger partial charge < -0.3 is 4.90 Å². The van der Waals surface area contributed by atoms with Crippen molar-refractivity contribution in [1.82, 2.24) is 20.1 Å². The molecule has 0 radical (unpaired) electrons. The molecule has 5 rings (SSSR count). The van der Waals surface area contributed by atoms with Gasteiger partial charge in [-0.1, -0.05) is 51.8 Å². The molecule has 1 N–H and O–H groups in total. The zero-order valence-corrected chi connectivity index (χ0v) is 18.1. The number of carbonyl (C=O) groups is 1. The monoisotopic (exact) mass is 478 g/mol. The first-order chi connectivity index (χ1) is 14.6. The fraction of sp³-hybridized carbons (Fsp3) is 0.0870. The highest BCUT2D eigenvalue weighted by Gasteiger charge is 2.42. The molecule has 7 heteroatoms. The van der Waals surface area contributed by atoms with Gasteiger partial charge >= 0.3 is 0 Å². The quantitative estimate of drug-likeness (QED) is 0.412. The number of pyridine rings is 1. The van der Waals surface area contributed by atoms with Crippen molar-refractivity contribution >= 4 is 33.4 Å². The van der Waals surface area contributed by atoms with Crippen LogP contribution in [0.5, 0.6) is 0 Å². The summed E-state index contributed by atoms with van der Waals surface area (Å²) in [5, 5.41) is 8.13. The lowest BCUT2D eigenvalue weighted by atomic mass is 9.96. The highest BCUT2D eigenvalue weighted by atomic mass is 79.9. The summed E-state index contributed by atoms with van der Waals surface area (Å²) in [5.74, 6) is -0.0699. The van der Waals surface area contributed by atoms with Crippen LogP contribution in [0.3, 0.4) is 0 Å². The summed E-state index contributed by atoms with van der Waals surface area (Å²) >= 11 is 9.63. The number of hydrogen-bond acceptors (Lipinski definition) is 3. The Morgan fingerprint density at radius 1 is 1.07 bits per heavy atom. The minimum absolute atomic E-state index is 0.0699. The average molecular weight is 480 g/mol.